The van der Waals surface area contributed by atoms with Crippen molar-refractivity contribution >= 4 is 41.0 Å². The second-order valence-electron chi connectivity index (χ2n) is 6.77. The highest BCUT2D eigenvalue weighted by atomic mass is 32.2. The normalized spacial score (nSPS) is 10.4. The molecule has 160 valence electrons. The van der Waals surface area contributed by atoms with Crippen molar-refractivity contribution in [3.8, 4) is 0 Å². The van der Waals surface area contributed by atoms with Crippen LogP contribution < -0.4 is 21.3 Å². The lowest BCUT2D eigenvalue weighted by atomic mass is 10.2. The van der Waals surface area contributed by atoms with Gasteiger partial charge in [0.05, 0.1) is 11.5 Å². The maximum Gasteiger partial charge on any atom is 0.319 e. The maximum atomic E-state index is 12.8. The Hall–Kier alpha value is -3.07. The average molecular weight is 433 g/mol. The number of thioether (sulfide) groups is 1. The number of benzene rings is 2. The summed E-state index contributed by atoms with van der Waals surface area (Å²) in [4.78, 5) is 35.4. The van der Waals surface area contributed by atoms with E-state index in [9.17, 15) is 18.8 Å². The van der Waals surface area contributed by atoms with Crippen molar-refractivity contribution < 1.29 is 18.8 Å². The van der Waals surface area contributed by atoms with Crippen LogP contribution in [0.3, 0.4) is 0 Å². The van der Waals surface area contributed by atoms with Gasteiger partial charge < -0.3 is 21.3 Å². The second kappa shape index (κ2) is 11.8. The van der Waals surface area contributed by atoms with E-state index in [0.29, 0.717) is 17.9 Å². The summed E-state index contributed by atoms with van der Waals surface area (Å²) in [6.07, 6.45) is 0. The number of halogens is 1. The SMILES string of the molecule is CC(C)NC(=O)Nc1ccc(CNC(=O)CSCC(=O)Nc2ccc(F)cc2)cc1. The molecule has 0 aromatic heterocycles. The van der Waals surface area contributed by atoms with Gasteiger partial charge in [0.2, 0.25) is 11.8 Å². The lowest BCUT2D eigenvalue weighted by Crippen LogP contribution is -2.34. The number of carbonyl (C=O) groups is 3. The predicted octanol–water partition coefficient (Wildman–Crippen LogP) is 3.34. The third-order valence-corrected chi connectivity index (χ3v) is 4.65. The van der Waals surface area contributed by atoms with Crippen LogP contribution in [0.15, 0.2) is 48.5 Å². The van der Waals surface area contributed by atoms with Gasteiger partial charge in [-0.05, 0) is 55.8 Å². The van der Waals surface area contributed by atoms with E-state index < -0.39 is 0 Å². The van der Waals surface area contributed by atoms with E-state index in [1.54, 1.807) is 12.1 Å². The zero-order chi connectivity index (χ0) is 21.9. The Bertz CT molecular complexity index is 858. The molecular weight excluding hydrogens is 407 g/mol. The zero-order valence-corrected chi connectivity index (χ0v) is 17.6. The number of rotatable bonds is 9. The predicted molar refractivity (Wildman–Crippen MR) is 118 cm³/mol. The molecule has 9 heteroatoms. The molecule has 0 aliphatic rings. The van der Waals surface area contributed by atoms with E-state index in [2.05, 4.69) is 21.3 Å². The van der Waals surface area contributed by atoms with Crippen molar-refractivity contribution in [2.45, 2.75) is 26.4 Å². The van der Waals surface area contributed by atoms with Crippen molar-refractivity contribution in [1.29, 1.82) is 0 Å². The topological polar surface area (TPSA) is 99.3 Å². The van der Waals surface area contributed by atoms with Crippen LogP contribution in [-0.2, 0) is 16.1 Å². The van der Waals surface area contributed by atoms with Gasteiger partial charge in [-0.15, -0.1) is 11.8 Å². The summed E-state index contributed by atoms with van der Waals surface area (Å²) in [6, 6.07) is 12.4. The van der Waals surface area contributed by atoms with Crippen molar-refractivity contribution in [3.05, 3.63) is 59.9 Å². The van der Waals surface area contributed by atoms with Crippen LogP contribution in [0.5, 0.6) is 0 Å². The Balaban J connectivity index is 1.65. The van der Waals surface area contributed by atoms with E-state index in [-0.39, 0.29) is 41.2 Å². The maximum absolute atomic E-state index is 12.8. The zero-order valence-electron chi connectivity index (χ0n) is 16.8. The van der Waals surface area contributed by atoms with E-state index >= 15 is 0 Å². The van der Waals surface area contributed by atoms with Crippen molar-refractivity contribution in [1.82, 2.24) is 10.6 Å². The molecule has 30 heavy (non-hydrogen) atoms. The molecule has 0 aliphatic heterocycles. The summed E-state index contributed by atoms with van der Waals surface area (Å²) in [5, 5.41) is 10.9. The van der Waals surface area contributed by atoms with Gasteiger partial charge in [0.15, 0.2) is 0 Å². The van der Waals surface area contributed by atoms with Crippen LogP contribution in [0.1, 0.15) is 19.4 Å². The number of hydrogen-bond donors (Lipinski definition) is 4. The summed E-state index contributed by atoms with van der Waals surface area (Å²) in [5.74, 6) is -0.561. The van der Waals surface area contributed by atoms with Crippen LogP contribution in [0, 0.1) is 5.82 Å². The van der Waals surface area contributed by atoms with Gasteiger partial charge in [-0.3, -0.25) is 9.59 Å². The second-order valence-corrected chi connectivity index (χ2v) is 7.76. The highest BCUT2D eigenvalue weighted by molar-refractivity contribution is 8.00. The fraction of sp³-hybridized carbons (Fsp3) is 0.286. The minimum absolute atomic E-state index is 0.0475. The number of hydrogen-bond acceptors (Lipinski definition) is 4. The van der Waals surface area contributed by atoms with Crippen molar-refractivity contribution in [3.63, 3.8) is 0 Å². The molecule has 4 amide bonds. The largest absolute Gasteiger partial charge is 0.351 e. The van der Waals surface area contributed by atoms with Crippen LogP contribution in [0.2, 0.25) is 0 Å². The number of nitrogens with one attached hydrogen (secondary N) is 4. The fourth-order valence-corrected chi connectivity index (χ4v) is 3.00. The van der Waals surface area contributed by atoms with E-state index in [4.69, 9.17) is 0 Å². The van der Waals surface area contributed by atoms with Crippen LogP contribution in [0.25, 0.3) is 0 Å². The minimum Gasteiger partial charge on any atom is -0.351 e. The standard InChI is InChI=1S/C21H25FN4O3S/c1-14(2)24-21(29)26-18-7-3-15(4-8-18)11-23-19(27)12-30-13-20(28)25-17-9-5-16(22)6-10-17/h3-10,14H,11-13H2,1-2H3,(H,23,27)(H,25,28)(H2,24,26,29). The highest BCUT2D eigenvalue weighted by Gasteiger charge is 2.07. The molecule has 0 radical (unpaired) electrons. The highest BCUT2D eigenvalue weighted by Crippen LogP contribution is 2.11. The van der Waals surface area contributed by atoms with Crippen molar-refractivity contribution in [2.75, 3.05) is 22.1 Å². The lowest BCUT2D eigenvalue weighted by molar-refractivity contribution is -0.118. The third-order valence-electron chi connectivity index (χ3n) is 3.72. The molecule has 4 N–H and O–H groups in total. The average Bonchev–Trinajstić information content (AvgIpc) is 2.68. The first kappa shape index (κ1) is 23.2. The third kappa shape index (κ3) is 8.95. The van der Waals surface area contributed by atoms with Crippen LogP contribution in [0.4, 0.5) is 20.6 Å². The first-order valence-corrected chi connectivity index (χ1v) is 10.5. The first-order valence-electron chi connectivity index (χ1n) is 9.38. The molecule has 0 saturated carbocycles. The quantitative estimate of drug-likeness (QED) is 0.488. The van der Waals surface area contributed by atoms with Gasteiger partial charge in [0, 0.05) is 24.0 Å². The van der Waals surface area contributed by atoms with E-state index in [1.807, 2.05) is 26.0 Å². The Morgan fingerprint density at radius 1 is 0.867 bits per heavy atom. The number of urea groups is 1. The van der Waals surface area contributed by atoms with Gasteiger partial charge in [-0.2, -0.15) is 0 Å². The summed E-state index contributed by atoms with van der Waals surface area (Å²) < 4.78 is 12.8. The fourth-order valence-electron chi connectivity index (χ4n) is 2.35. The Labute approximate surface area is 179 Å². The molecular formula is C21H25FN4O3S. The molecule has 7 nitrogen and oxygen atoms in total. The van der Waals surface area contributed by atoms with Gasteiger partial charge in [0.1, 0.15) is 5.82 Å². The van der Waals surface area contributed by atoms with Crippen LogP contribution >= 0.6 is 11.8 Å². The minimum atomic E-state index is -0.374. The Morgan fingerprint density at radius 3 is 2.07 bits per heavy atom. The van der Waals surface area contributed by atoms with Gasteiger partial charge >= 0.3 is 6.03 Å². The summed E-state index contributed by atoms with van der Waals surface area (Å²) >= 11 is 1.19. The van der Waals surface area contributed by atoms with E-state index in [1.165, 1.54) is 36.0 Å². The lowest BCUT2D eigenvalue weighted by Gasteiger charge is -2.11. The summed E-state index contributed by atoms with van der Waals surface area (Å²) in [7, 11) is 0. The summed E-state index contributed by atoms with van der Waals surface area (Å²) in [6.45, 7) is 4.10. The molecule has 2 aromatic carbocycles. The van der Waals surface area contributed by atoms with Gasteiger partial charge in [-0.25, -0.2) is 9.18 Å². The molecule has 0 bridgehead atoms. The molecule has 2 rings (SSSR count). The summed E-state index contributed by atoms with van der Waals surface area (Å²) in [5.41, 5.74) is 2.05. The Morgan fingerprint density at radius 2 is 1.43 bits per heavy atom. The molecule has 0 heterocycles. The molecule has 0 aliphatic carbocycles. The number of carbonyl (C=O) groups excluding carboxylic acids is 3. The molecule has 0 unspecified atom stereocenters. The van der Waals surface area contributed by atoms with Crippen LogP contribution in [-0.4, -0.2) is 35.4 Å². The molecule has 0 spiro atoms. The first-order chi connectivity index (χ1) is 14.3. The monoisotopic (exact) mass is 432 g/mol. The number of anilines is 2. The number of amides is 4. The smallest absolute Gasteiger partial charge is 0.319 e. The molecule has 0 fully saturated rings. The van der Waals surface area contributed by atoms with E-state index in [0.717, 1.165) is 5.56 Å². The van der Waals surface area contributed by atoms with Gasteiger partial charge in [0.25, 0.3) is 0 Å². The molecule has 0 saturated heterocycles. The Kier molecular flexibility index (Phi) is 9.14. The van der Waals surface area contributed by atoms with Crippen molar-refractivity contribution in [2.24, 2.45) is 0 Å². The van der Waals surface area contributed by atoms with Gasteiger partial charge in [-0.1, -0.05) is 12.1 Å². The molecule has 2 aromatic rings. The molecule has 0 atom stereocenters.